The highest BCUT2D eigenvalue weighted by atomic mass is 32.2. The molecule has 0 saturated carbocycles. The second-order valence-corrected chi connectivity index (χ2v) is 7.44. The monoisotopic (exact) mass is 379 g/mol. The third kappa shape index (κ3) is 4.46. The Morgan fingerprint density at radius 3 is 2.67 bits per heavy atom. The van der Waals surface area contributed by atoms with E-state index in [4.69, 9.17) is 0 Å². The van der Waals surface area contributed by atoms with Crippen LogP contribution in [0, 0.1) is 6.92 Å². The van der Waals surface area contributed by atoms with Crippen molar-refractivity contribution in [1.29, 1.82) is 0 Å². The molecule has 6 heteroatoms. The number of thioether (sulfide) groups is 1. The van der Waals surface area contributed by atoms with Gasteiger partial charge in [-0.15, -0.1) is 6.58 Å². The van der Waals surface area contributed by atoms with Crippen LogP contribution in [0.25, 0.3) is 0 Å². The minimum absolute atomic E-state index is 0.00603. The number of benzene rings is 2. The number of carboxylic acid groups (broad SMARTS) is 1. The summed E-state index contributed by atoms with van der Waals surface area (Å²) < 4.78 is 0. The van der Waals surface area contributed by atoms with E-state index in [1.807, 2.05) is 25.1 Å². The average Bonchev–Trinajstić information content (AvgIpc) is 2.91. The van der Waals surface area contributed by atoms with E-state index in [0.717, 1.165) is 11.1 Å². The lowest BCUT2D eigenvalue weighted by Crippen LogP contribution is -2.32. The Kier molecular flexibility index (Phi) is 5.76. The highest BCUT2D eigenvalue weighted by Gasteiger charge is 2.37. The van der Waals surface area contributed by atoms with E-state index >= 15 is 0 Å². The minimum Gasteiger partial charge on any atom is -0.545 e. The molecule has 1 aliphatic rings. The summed E-state index contributed by atoms with van der Waals surface area (Å²) in [5.41, 5.74) is 2.95. The third-order valence-electron chi connectivity index (χ3n) is 4.16. The van der Waals surface area contributed by atoms with Crippen LogP contribution < -0.4 is 5.11 Å². The first kappa shape index (κ1) is 18.9. The number of aryl methyl sites for hydroxylation is 1. The van der Waals surface area contributed by atoms with Crippen LogP contribution in [0.3, 0.4) is 0 Å². The fourth-order valence-corrected chi connectivity index (χ4v) is 4.07. The lowest BCUT2D eigenvalue weighted by molar-refractivity contribution is -0.255. The molecule has 2 aromatic rings. The van der Waals surface area contributed by atoms with E-state index < -0.39 is 5.97 Å². The molecule has 0 bridgehead atoms. The van der Waals surface area contributed by atoms with Gasteiger partial charge in [-0.1, -0.05) is 59.8 Å². The molecule has 0 radical (unpaired) electrons. The Labute approximate surface area is 162 Å². The summed E-state index contributed by atoms with van der Waals surface area (Å²) in [6, 6.07) is 14.2. The summed E-state index contributed by atoms with van der Waals surface area (Å²) in [7, 11) is 0. The minimum atomic E-state index is -1.23. The highest BCUT2D eigenvalue weighted by molar-refractivity contribution is 8.15. The fourth-order valence-electron chi connectivity index (χ4n) is 2.86. The first-order chi connectivity index (χ1) is 13.0. The number of nitrogens with zero attached hydrogens (tertiary/aromatic N) is 2. The molecule has 2 aromatic carbocycles. The van der Waals surface area contributed by atoms with Crippen molar-refractivity contribution in [3.05, 3.63) is 77.9 Å². The van der Waals surface area contributed by atoms with Gasteiger partial charge in [0, 0.05) is 6.54 Å². The van der Waals surface area contributed by atoms with Crippen LogP contribution in [-0.4, -0.2) is 33.7 Å². The highest BCUT2D eigenvalue weighted by Crippen LogP contribution is 2.32. The van der Waals surface area contributed by atoms with Gasteiger partial charge < -0.3 is 9.90 Å². The molecule has 1 aliphatic heterocycles. The van der Waals surface area contributed by atoms with Crippen molar-refractivity contribution in [3.63, 3.8) is 0 Å². The topological polar surface area (TPSA) is 72.8 Å². The number of amides is 1. The van der Waals surface area contributed by atoms with Gasteiger partial charge in [-0.2, -0.15) is 0 Å². The largest absolute Gasteiger partial charge is 0.545 e. The molecule has 1 heterocycles. The number of hydrogen-bond acceptors (Lipinski definition) is 5. The van der Waals surface area contributed by atoms with Crippen LogP contribution in [0.2, 0.25) is 0 Å². The molecule has 0 aliphatic carbocycles. The molecule has 27 heavy (non-hydrogen) atoms. The summed E-state index contributed by atoms with van der Waals surface area (Å²) >= 11 is 1.42. The number of aromatic carboxylic acids is 1. The molecule has 0 aromatic heterocycles. The first-order valence-electron chi connectivity index (χ1n) is 8.52. The van der Waals surface area contributed by atoms with Crippen LogP contribution in [0.15, 0.2) is 66.2 Å². The zero-order valence-corrected chi connectivity index (χ0v) is 15.7. The van der Waals surface area contributed by atoms with Gasteiger partial charge in [0.05, 0.1) is 16.9 Å². The van der Waals surface area contributed by atoms with Gasteiger partial charge in [-0.25, -0.2) is 4.99 Å². The molecule has 1 saturated heterocycles. The zero-order chi connectivity index (χ0) is 19.4. The van der Waals surface area contributed by atoms with Crippen molar-refractivity contribution in [2.45, 2.75) is 18.6 Å². The van der Waals surface area contributed by atoms with Crippen LogP contribution in [0.1, 0.15) is 21.5 Å². The van der Waals surface area contributed by atoms with Crippen molar-refractivity contribution in [2.24, 2.45) is 4.99 Å². The molecule has 1 amide bonds. The summed E-state index contributed by atoms with van der Waals surface area (Å²) in [5, 5.41) is 11.2. The molecule has 5 nitrogen and oxygen atoms in total. The second kappa shape index (κ2) is 8.22. The molecular formula is C21H19N2O3S-. The number of aliphatic imine (C=N–C) groups is 1. The van der Waals surface area contributed by atoms with E-state index in [0.29, 0.717) is 23.8 Å². The molecule has 0 unspecified atom stereocenters. The predicted octanol–water partition coefficient (Wildman–Crippen LogP) is 2.72. The molecule has 1 fully saturated rings. The Bertz CT molecular complexity index is 906. The van der Waals surface area contributed by atoms with Crippen molar-refractivity contribution in [2.75, 3.05) is 6.54 Å². The Hall–Kier alpha value is -2.86. The Morgan fingerprint density at radius 1 is 1.30 bits per heavy atom. The van der Waals surface area contributed by atoms with Crippen LogP contribution in [0.4, 0.5) is 5.69 Å². The van der Waals surface area contributed by atoms with Gasteiger partial charge >= 0.3 is 0 Å². The van der Waals surface area contributed by atoms with Crippen molar-refractivity contribution in [1.82, 2.24) is 4.90 Å². The first-order valence-corrected chi connectivity index (χ1v) is 9.40. The number of carbonyl (C=O) groups excluding carboxylic acids is 2. The number of carboxylic acids is 1. The molecule has 3 rings (SSSR count). The lowest BCUT2D eigenvalue weighted by Gasteiger charge is -2.14. The normalized spacial score (nSPS) is 18.1. The maximum Gasteiger partial charge on any atom is 0.242 e. The van der Waals surface area contributed by atoms with Gasteiger partial charge in [-0.3, -0.25) is 9.69 Å². The average molecular weight is 379 g/mol. The smallest absolute Gasteiger partial charge is 0.242 e. The fraction of sp³-hybridized carbons (Fsp3) is 0.190. The molecule has 0 spiro atoms. The van der Waals surface area contributed by atoms with E-state index in [2.05, 4.69) is 17.6 Å². The van der Waals surface area contributed by atoms with Gasteiger partial charge in [0.15, 0.2) is 5.17 Å². The van der Waals surface area contributed by atoms with Gasteiger partial charge in [0.1, 0.15) is 0 Å². The predicted molar refractivity (Wildman–Crippen MR) is 106 cm³/mol. The summed E-state index contributed by atoms with van der Waals surface area (Å²) in [6.45, 7) is 6.13. The molecule has 138 valence electrons. The Morgan fingerprint density at radius 2 is 2.04 bits per heavy atom. The standard InChI is InChI=1S/C21H20N2O3S/c1-3-11-23-19(24)18(13-15-6-4-5-14(2)12-15)27-21(23)22-17-9-7-16(8-10-17)20(25)26/h3-10,12,18H,1,11,13H2,2H3,(H,25,26)/p-1/t18-/m0/s1. The van der Waals surface area contributed by atoms with E-state index in [9.17, 15) is 14.7 Å². The summed E-state index contributed by atoms with van der Waals surface area (Å²) in [5.74, 6) is -1.22. The molecule has 1 atom stereocenters. The number of carbonyl (C=O) groups is 2. The van der Waals surface area contributed by atoms with Crippen molar-refractivity contribution < 1.29 is 14.7 Å². The van der Waals surface area contributed by atoms with Gasteiger partial charge in [0.2, 0.25) is 5.91 Å². The lowest BCUT2D eigenvalue weighted by atomic mass is 10.1. The van der Waals surface area contributed by atoms with Gasteiger partial charge in [0.25, 0.3) is 0 Å². The number of hydrogen-bond donors (Lipinski definition) is 0. The number of rotatable bonds is 6. The van der Waals surface area contributed by atoms with E-state index in [1.165, 1.54) is 23.9 Å². The van der Waals surface area contributed by atoms with Gasteiger partial charge in [-0.05, 0) is 36.6 Å². The summed E-state index contributed by atoms with van der Waals surface area (Å²) in [4.78, 5) is 29.8. The van der Waals surface area contributed by atoms with Crippen LogP contribution >= 0.6 is 11.8 Å². The molecular weight excluding hydrogens is 360 g/mol. The quantitative estimate of drug-likeness (QED) is 0.724. The third-order valence-corrected chi connectivity index (χ3v) is 5.34. The van der Waals surface area contributed by atoms with E-state index in [-0.39, 0.29) is 16.7 Å². The number of amidine groups is 1. The van der Waals surface area contributed by atoms with Crippen LogP contribution in [-0.2, 0) is 11.2 Å². The van der Waals surface area contributed by atoms with Crippen molar-refractivity contribution in [3.8, 4) is 0 Å². The maximum atomic E-state index is 12.8. The maximum absolute atomic E-state index is 12.8. The Balaban J connectivity index is 1.84. The molecule has 0 N–H and O–H groups in total. The van der Waals surface area contributed by atoms with Crippen LogP contribution in [0.5, 0.6) is 0 Å². The second-order valence-electron chi connectivity index (χ2n) is 6.27. The SMILES string of the molecule is C=CCN1C(=O)[C@H](Cc2cccc(C)c2)SC1=Nc1ccc(C(=O)[O-])cc1. The van der Waals surface area contributed by atoms with Crippen molar-refractivity contribution >= 4 is 34.5 Å². The zero-order valence-electron chi connectivity index (χ0n) is 14.9. The summed E-state index contributed by atoms with van der Waals surface area (Å²) in [6.07, 6.45) is 2.30. The van der Waals surface area contributed by atoms with E-state index in [1.54, 1.807) is 23.1 Å².